The number of aryl methyl sites for hydroxylation is 1. The number of nitrogen functional groups attached to an aromatic ring is 2. The van der Waals surface area contributed by atoms with Crippen LogP contribution in [0, 0.1) is 17.2 Å². The molecule has 3 aromatic rings. The lowest BCUT2D eigenvalue weighted by molar-refractivity contribution is 0.466. The molecule has 0 amide bonds. The maximum absolute atomic E-state index is 12.6. The van der Waals surface area contributed by atoms with Crippen molar-refractivity contribution in [3.8, 4) is 6.07 Å². The molecule has 1 atom stereocenters. The van der Waals surface area contributed by atoms with Gasteiger partial charge in [0.15, 0.2) is 0 Å². The van der Waals surface area contributed by atoms with E-state index in [0.717, 1.165) is 5.82 Å². The third kappa shape index (κ3) is 4.99. The Morgan fingerprint density at radius 1 is 1.28 bits per heavy atom. The van der Waals surface area contributed by atoms with Gasteiger partial charge in [-0.3, -0.25) is 9.36 Å². The van der Waals surface area contributed by atoms with Gasteiger partial charge in [0.25, 0.3) is 5.56 Å². The van der Waals surface area contributed by atoms with E-state index in [1.165, 1.54) is 6.33 Å². The fraction of sp³-hybridized carbons (Fsp3) is 0.316. The molecule has 9 nitrogen and oxygen atoms in total. The summed E-state index contributed by atoms with van der Waals surface area (Å²) in [7, 11) is 0. The highest BCUT2D eigenvalue weighted by molar-refractivity contribution is 6.35. The first-order valence-corrected chi connectivity index (χ1v) is 9.35. The first-order valence-electron chi connectivity index (χ1n) is 8.98. The highest BCUT2D eigenvalue weighted by Crippen LogP contribution is 2.19. The average molecular weight is 415 g/mol. The highest BCUT2D eigenvalue weighted by atomic mass is 35.5. The van der Waals surface area contributed by atoms with Crippen LogP contribution in [-0.2, 0) is 13.0 Å². The zero-order valence-electron chi connectivity index (χ0n) is 16.3. The Morgan fingerprint density at radius 3 is 2.45 bits per heavy atom. The zero-order valence-corrected chi connectivity index (χ0v) is 17.0. The number of benzene rings is 1. The zero-order chi connectivity index (χ0) is 21.6. The third-order valence-electron chi connectivity index (χ3n) is 4.24. The van der Waals surface area contributed by atoms with Gasteiger partial charge in [-0.05, 0) is 24.6 Å². The van der Waals surface area contributed by atoms with Crippen LogP contribution in [0.15, 0.2) is 29.3 Å². The van der Waals surface area contributed by atoms with E-state index in [1.807, 2.05) is 26.0 Å². The molecule has 0 fully saturated rings. The predicted molar refractivity (Wildman–Crippen MR) is 114 cm³/mol. The second-order valence-electron chi connectivity index (χ2n) is 6.40. The van der Waals surface area contributed by atoms with E-state index >= 15 is 0 Å². The van der Waals surface area contributed by atoms with Crippen molar-refractivity contribution in [1.29, 1.82) is 5.26 Å². The van der Waals surface area contributed by atoms with Gasteiger partial charge in [0.1, 0.15) is 35.4 Å². The summed E-state index contributed by atoms with van der Waals surface area (Å²) in [5.41, 5.74) is 16.9. The van der Waals surface area contributed by atoms with Crippen LogP contribution in [0.5, 0.6) is 0 Å². The van der Waals surface area contributed by atoms with E-state index in [0.29, 0.717) is 35.4 Å². The number of rotatable bonds is 4. The molecule has 152 valence electrons. The number of hydrogen-bond acceptors (Lipinski definition) is 8. The van der Waals surface area contributed by atoms with Gasteiger partial charge in [0, 0.05) is 13.0 Å². The fourth-order valence-corrected chi connectivity index (χ4v) is 2.89. The van der Waals surface area contributed by atoms with E-state index in [4.69, 9.17) is 34.1 Å². The Kier molecular flexibility index (Phi) is 7.47. The molecule has 1 aromatic carbocycles. The van der Waals surface area contributed by atoms with Crippen molar-refractivity contribution in [2.24, 2.45) is 11.7 Å². The van der Waals surface area contributed by atoms with Crippen LogP contribution in [0.3, 0.4) is 0 Å². The smallest absolute Gasteiger partial charge is 0.262 e. The van der Waals surface area contributed by atoms with Crippen molar-refractivity contribution < 1.29 is 0 Å². The van der Waals surface area contributed by atoms with Gasteiger partial charge in [-0.15, -0.1) is 0 Å². The third-order valence-corrected chi connectivity index (χ3v) is 4.56. The van der Waals surface area contributed by atoms with Crippen LogP contribution in [0.2, 0.25) is 5.02 Å². The largest absolute Gasteiger partial charge is 0.382 e. The van der Waals surface area contributed by atoms with Crippen molar-refractivity contribution in [1.82, 2.24) is 19.5 Å². The minimum Gasteiger partial charge on any atom is -0.382 e. The summed E-state index contributed by atoms with van der Waals surface area (Å²) in [6.45, 7) is 5.12. The van der Waals surface area contributed by atoms with Crippen LogP contribution in [0.1, 0.15) is 25.2 Å². The van der Waals surface area contributed by atoms with Gasteiger partial charge >= 0.3 is 0 Å². The molecule has 2 aromatic heterocycles. The molecule has 29 heavy (non-hydrogen) atoms. The van der Waals surface area contributed by atoms with Crippen molar-refractivity contribution in [3.63, 3.8) is 0 Å². The lowest BCUT2D eigenvalue weighted by Gasteiger charge is -2.16. The maximum Gasteiger partial charge on any atom is 0.262 e. The summed E-state index contributed by atoms with van der Waals surface area (Å²) in [6.07, 6.45) is 1.92. The second-order valence-corrected chi connectivity index (χ2v) is 6.81. The minimum absolute atomic E-state index is 0.0762. The van der Waals surface area contributed by atoms with E-state index in [1.54, 1.807) is 16.7 Å². The highest BCUT2D eigenvalue weighted by Gasteiger charge is 2.13. The molecule has 0 saturated heterocycles. The second kappa shape index (κ2) is 9.82. The van der Waals surface area contributed by atoms with E-state index in [2.05, 4.69) is 15.0 Å². The van der Waals surface area contributed by atoms with Gasteiger partial charge in [-0.1, -0.05) is 31.5 Å². The topological polar surface area (TPSA) is 163 Å². The van der Waals surface area contributed by atoms with E-state index < -0.39 is 0 Å². The number of hydrogen-bond donors (Lipinski definition) is 3. The molecule has 0 aliphatic carbocycles. The number of fused-ring (bicyclic) bond motifs is 1. The molecular weight excluding hydrogens is 392 g/mol. The monoisotopic (exact) mass is 414 g/mol. The molecule has 0 bridgehead atoms. The Bertz CT molecular complexity index is 1090. The number of halogens is 1. The molecule has 0 aliphatic heterocycles. The molecule has 10 heteroatoms. The Labute approximate surface area is 173 Å². The molecular formula is C19H23ClN8O. The Balaban J connectivity index is 0.000000253. The van der Waals surface area contributed by atoms with Gasteiger partial charge in [0.05, 0.1) is 15.9 Å². The molecule has 0 radical (unpaired) electrons. The Morgan fingerprint density at radius 2 is 1.93 bits per heavy atom. The summed E-state index contributed by atoms with van der Waals surface area (Å²) in [6, 6.07) is 7.13. The number of aromatic nitrogens is 4. The van der Waals surface area contributed by atoms with Gasteiger partial charge in [0.2, 0.25) is 0 Å². The summed E-state index contributed by atoms with van der Waals surface area (Å²) in [5.74, 6) is 1.25. The first-order chi connectivity index (χ1) is 13.8. The summed E-state index contributed by atoms with van der Waals surface area (Å²) in [4.78, 5) is 24.3. The summed E-state index contributed by atoms with van der Waals surface area (Å²) < 4.78 is 1.70. The van der Waals surface area contributed by atoms with Crippen LogP contribution in [-0.4, -0.2) is 26.1 Å². The van der Waals surface area contributed by atoms with Crippen molar-refractivity contribution >= 4 is 34.1 Å². The predicted octanol–water partition coefficient (Wildman–Crippen LogP) is 1.72. The standard InChI is InChI=1S/C14H18ClN3O.C5H5N5/c1-3-12-17-11-6-4-5-10(15)13(11)14(19)18(12)8-9(2)7-16;6-1-3-4(7)9-2-10-5(3)8/h4-6,9H,3,7-8,16H2,1-2H3;2H,(H4,7,8,9,10). The number of anilines is 2. The molecule has 0 aliphatic rings. The number of nitrogens with zero attached hydrogens (tertiary/aromatic N) is 5. The molecule has 6 N–H and O–H groups in total. The maximum atomic E-state index is 12.6. The van der Waals surface area contributed by atoms with Gasteiger partial charge in [-0.2, -0.15) is 5.26 Å². The number of nitriles is 1. The molecule has 1 unspecified atom stereocenters. The van der Waals surface area contributed by atoms with Crippen LogP contribution >= 0.6 is 11.6 Å². The lowest BCUT2D eigenvalue weighted by atomic mass is 10.1. The van der Waals surface area contributed by atoms with Gasteiger partial charge < -0.3 is 17.2 Å². The van der Waals surface area contributed by atoms with Crippen molar-refractivity contribution in [2.75, 3.05) is 18.0 Å². The molecule has 0 spiro atoms. The quantitative estimate of drug-likeness (QED) is 0.580. The summed E-state index contributed by atoms with van der Waals surface area (Å²) >= 11 is 6.12. The summed E-state index contributed by atoms with van der Waals surface area (Å²) in [5, 5.41) is 9.35. The molecule has 0 saturated carbocycles. The van der Waals surface area contributed by atoms with Crippen LogP contribution < -0.4 is 22.8 Å². The first kappa shape index (κ1) is 22.1. The van der Waals surface area contributed by atoms with Crippen LogP contribution in [0.4, 0.5) is 11.6 Å². The van der Waals surface area contributed by atoms with Crippen LogP contribution in [0.25, 0.3) is 10.9 Å². The van der Waals surface area contributed by atoms with E-state index in [9.17, 15) is 4.79 Å². The minimum atomic E-state index is -0.0762. The molecule has 2 heterocycles. The SMILES string of the molecule is CCc1nc2cccc(Cl)c2c(=O)n1CC(C)CN.N#Cc1c(N)ncnc1N. The number of nitrogens with two attached hydrogens (primary N) is 3. The Hall–Kier alpha value is -3.22. The average Bonchev–Trinajstić information content (AvgIpc) is 2.70. The van der Waals surface area contributed by atoms with Gasteiger partial charge in [-0.25, -0.2) is 15.0 Å². The lowest BCUT2D eigenvalue weighted by Crippen LogP contribution is -2.30. The molecule has 3 rings (SSSR count). The fourth-order valence-electron chi connectivity index (χ4n) is 2.64. The van der Waals surface area contributed by atoms with Crippen molar-refractivity contribution in [2.45, 2.75) is 26.8 Å². The van der Waals surface area contributed by atoms with Crippen molar-refractivity contribution in [3.05, 3.63) is 51.3 Å². The normalized spacial score (nSPS) is 11.4. The van der Waals surface area contributed by atoms with E-state index in [-0.39, 0.29) is 28.7 Å².